The van der Waals surface area contributed by atoms with Gasteiger partial charge < -0.3 is 10.2 Å². The van der Waals surface area contributed by atoms with Gasteiger partial charge in [0.25, 0.3) is 0 Å². The lowest BCUT2D eigenvalue weighted by Gasteiger charge is -2.04. The van der Waals surface area contributed by atoms with E-state index >= 15 is 0 Å². The minimum absolute atomic E-state index is 0.173. The maximum atomic E-state index is 10.9. The number of aromatic carboxylic acids is 2. The van der Waals surface area contributed by atoms with Crippen molar-refractivity contribution in [1.29, 1.82) is 0 Å². The average molecular weight is 267 g/mol. The van der Waals surface area contributed by atoms with Crippen molar-refractivity contribution in [2.75, 3.05) is 0 Å². The number of carboxylic acids is 2. The molecule has 0 aliphatic rings. The summed E-state index contributed by atoms with van der Waals surface area (Å²) in [7, 11) is 0. The molecule has 0 spiro atoms. The molecule has 0 fully saturated rings. The first-order chi connectivity index (χ1) is 9.54. The smallest absolute Gasteiger partial charge is 0.335 e. The number of fused-ring (bicyclic) bond motifs is 2. The van der Waals surface area contributed by atoms with Gasteiger partial charge in [0.15, 0.2) is 0 Å². The van der Waals surface area contributed by atoms with Crippen molar-refractivity contribution in [3.63, 3.8) is 0 Å². The zero-order valence-electron chi connectivity index (χ0n) is 10.2. The molecule has 20 heavy (non-hydrogen) atoms. The highest BCUT2D eigenvalue weighted by Crippen LogP contribution is 2.22. The predicted octanol–water partition coefficient (Wildman–Crippen LogP) is 2.78. The summed E-state index contributed by atoms with van der Waals surface area (Å²) < 4.78 is 0. The number of nitrogens with zero attached hydrogens (tertiary/aromatic N) is 1. The Bertz CT molecular complexity index is 797. The number of benzene rings is 2. The fraction of sp³-hybridized carbons (Fsp3) is 0. The molecule has 98 valence electrons. The van der Waals surface area contributed by atoms with Crippen molar-refractivity contribution in [2.45, 2.75) is 0 Å². The molecular weight excluding hydrogens is 258 g/mol. The highest BCUT2D eigenvalue weighted by atomic mass is 16.4. The van der Waals surface area contributed by atoms with Crippen LogP contribution in [0.25, 0.3) is 21.8 Å². The molecule has 1 aromatic heterocycles. The number of hydrogen-bond acceptors (Lipinski definition) is 3. The van der Waals surface area contributed by atoms with Crippen LogP contribution in [0.2, 0.25) is 0 Å². The van der Waals surface area contributed by atoms with Crippen LogP contribution < -0.4 is 0 Å². The monoisotopic (exact) mass is 267 g/mol. The second-order valence-electron chi connectivity index (χ2n) is 4.41. The van der Waals surface area contributed by atoms with Crippen LogP contribution in [0.15, 0.2) is 42.5 Å². The Hall–Kier alpha value is -2.95. The van der Waals surface area contributed by atoms with Crippen molar-refractivity contribution < 1.29 is 19.8 Å². The summed E-state index contributed by atoms with van der Waals surface area (Å²) in [4.78, 5) is 26.2. The summed E-state index contributed by atoms with van der Waals surface area (Å²) in [5.41, 5.74) is 1.57. The molecule has 5 nitrogen and oxygen atoms in total. The van der Waals surface area contributed by atoms with Gasteiger partial charge in [0.05, 0.1) is 22.2 Å². The molecule has 1 heterocycles. The predicted molar refractivity (Wildman–Crippen MR) is 73.2 cm³/mol. The molecule has 0 saturated carbocycles. The summed E-state index contributed by atoms with van der Waals surface area (Å²) in [5.74, 6) is -2.00. The molecule has 0 aliphatic carbocycles. The molecule has 2 aromatic carbocycles. The van der Waals surface area contributed by atoms with Gasteiger partial charge in [-0.3, -0.25) is 0 Å². The van der Waals surface area contributed by atoms with Gasteiger partial charge in [0.1, 0.15) is 0 Å². The lowest BCUT2D eigenvalue weighted by Crippen LogP contribution is -1.97. The Morgan fingerprint density at radius 3 is 2.10 bits per heavy atom. The van der Waals surface area contributed by atoms with Crippen molar-refractivity contribution in [3.05, 3.63) is 53.6 Å². The molecule has 2 N–H and O–H groups in total. The Balaban J connectivity index is 2.27. The molecule has 0 bridgehead atoms. The number of carbonyl (C=O) groups is 2. The van der Waals surface area contributed by atoms with Gasteiger partial charge in [-0.05, 0) is 36.4 Å². The number of hydrogen-bond donors (Lipinski definition) is 2. The van der Waals surface area contributed by atoms with Gasteiger partial charge in [-0.2, -0.15) is 0 Å². The largest absolute Gasteiger partial charge is 0.478 e. The van der Waals surface area contributed by atoms with Crippen molar-refractivity contribution in [2.24, 2.45) is 0 Å². The molecule has 3 aromatic rings. The zero-order valence-corrected chi connectivity index (χ0v) is 10.2. The fourth-order valence-corrected chi connectivity index (χ4v) is 2.10. The molecule has 0 saturated heterocycles. The van der Waals surface area contributed by atoms with E-state index in [1.165, 1.54) is 18.2 Å². The van der Waals surface area contributed by atoms with E-state index in [0.29, 0.717) is 16.4 Å². The third-order valence-electron chi connectivity index (χ3n) is 3.10. The molecule has 0 atom stereocenters. The SMILES string of the molecule is O=C(O)c1ccc2nc3cc(C(=O)O)ccc3cc2c1. The van der Waals surface area contributed by atoms with E-state index in [-0.39, 0.29) is 11.1 Å². The first-order valence-electron chi connectivity index (χ1n) is 5.86. The molecule has 0 amide bonds. The number of carboxylic acid groups (broad SMARTS) is 2. The lowest BCUT2D eigenvalue weighted by molar-refractivity contribution is 0.0686. The summed E-state index contributed by atoms with van der Waals surface area (Å²) >= 11 is 0. The Kier molecular flexibility index (Phi) is 2.61. The van der Waals surface area contributed by atoms with E-state index < -0.39 is 11.9 Å². The standard InChI is InChI=1S/C15H9NO4/c17-14(18)9-3-4-12-11(6-9)5-8-1-2-10(15(19)20)7-13(8)16-12/h1-7H,(H,17,18)(H,19,20). The number of rotatable bonds is 2. The topological polar surface area (TPSA) is 87.5 Å². The highest BCUT2D eigenvalue weighted by Gasteiger charge is 2.08. The van der Waals surface area contributed by atoms with Crippen LogP contribution in [-0.2, 0) is 0 Å². The summed E-state index contributed by atoms with van der Waals surface area (Å²) in [6.45, 7) is 0. The van der Waals surface area contributed by atoms with E-state index in [9.17, 15) is 9.59 Å². The quantitative estimate of drug-likeness (QED) is 0.697. The van der Waals surface area contributed by atoms with Crippen LogP contribution in [0.4, 0.5) is 0 Å². The second-order valence-corrected chi connectivity index (χ2v) is 4.41. The van der Waals surface area contributed by atoms with Crippen LogP contribution >= 0.6 is 0 Å². The average Bonchev–Trinajstić information content (AvgIpc) is 2.43. The third kappa shape index (κ3) is 1.95. The maximum Gasteiger partial charge on any atom is 0.335 e. The van der Waals surface area contributed by atoms with Crippen molar-refractivity contribution in [3.8, 4) is 0 Å². The maximum absolute atomic E-state index is 10.9. The Morgan fingerprint density at radius 2 is 1.40 bits per heavy atom. The second kappa shape index (κ2) is 4.31. The van der Waals surface area contributed by atoms with Crippen LogP contribution in [0, 0.1) is 0 Å². The molecular formula is C15H9NO4. The van der Waals surface area contributed by atoms with Gasteiger partial charge in [0, 0.05) is 10.8 Å². The normalized spacial score (nSPS) is 10.8. The number of aromatic nitrogens is 1. The summed E-state index contributed by atoms with van der Waals surface area (Å²) in [6, 6.07) is 11.1. The molecule has 3 rings (SSSR count). The van der Waals surface area contributed by atoms with E-state index in [2.05, 4.69) is 4.98 Å². The third-order valence-corrected chi connectivity index (χ3v) is 3.10. The van der Waals surface area contributed by atoms with Crippen LogP contribution in [0.3, 0.4) is 0 Å². The minimum Gasteiger partial charge on any atom is -0.478 e. The van der Waals surface area contributed by atoms with E-state index in [1.54, 1.807) is 24.3 Å². The van der Waals surface area contributed by atoms with Gasteiger partial charge in [0.2, 0.25) is 0 Å². The van der Waals surface area contributed by atoms with Gasteiger partial charge >= 0.3 is 11.9 Å². The first-order valence-corrected chi connectivity index (χ1v) is 5.86. The van der Waals surface area contributed by atoms with E-state index in [0.717, 1.165) is 5.39 Å². The van der Waals surface area contributed by atoms with Crippen molar-refractivity contribution >= 4 is 33.7 Å². The highest BCUT2D eigenvalue weighted by molar-refractivity contribution is 5.99. The van der Waals surface area contributed by atoms with Crippen LogP contribution in [-0.4, -0.2) is 27.1 Å². The van der Waals surface area contributed by atoms with Crippen molar-refractivity contribution in [1.82, 2.24) is 4.98 Å². The van der Waals surface area contributed by atoms with Gasteiger partial charge in [-0.25, -0.2) is 14.6 Å². The summed E-state index contributed by atoms with van der Waals surface area (Å²) in [6.07, 6.45) is 0. The van der Waals surface area contributed by atoms with Crippen LogP contribution in [0.1, 0.15) is 20.7 Å². The molecule has 0 aliphatic heterocycles. The molecule has 0 unspecified atom stereocenters. The zero-order chi connectivity index (χ0) is 14.3. The lowest BCUT2D eigenvalue weighted by atomic mass is 10.1. The number of pyridine rings is 1. The Labute approximate surface area is 113 Å². The molecule has 0 radical (unpaired) electrons. The van der Waals surface area contributed by atoms with E-state index in [1.807, 2.05) is 0 Å². The summed E-state index contributed by atoms with van der Waals surface area (Å²) in [5, 5.41) is 19.4. The fourth-order valence-electron chi connectivity index (χ4n) is 2.10. The van der Waals surface area contributed by atoms with E-state index in [4.69, 9.17) is 10.2 Å². The Morgan fingerprint density at radius 1 is 0.750 bits per heavy atom. The minimum atomic E-state index is -1.00. The van der Waals surface area contributed by atoms with Crippen LogP contribution in [0.5, 0.6) is 0 Å². The van der Waals surface area contributed by atoms with Gasteiger partial charge in [-0.1, -0.05) is 6.07 Å². The van der Waals surface area contributed by atoms with Gasteiger partial charge in [-0.15, -0.1) is 0 Å². The first kappa shape index (κ1) is 12.1. The molecule has 5 heteroatoms.